The lowest BCUT2D eigenvalue weighted by Gasteiger charge is -2.32. The largest absolute Gasteiger partial charge is 0.447 e. The molecule has 0 radical (unpaired) electrons. The summed E-state index contributed by atoms with van der Waals surface area (Å²) < 4.78 is 19.2. The van der Waals surface area contributed by atoms with Crippen molar-refractivity contribution in [2.45, 2.75) is 25.3 Å². The average molecular weight is 556 g/mol. The molecule has 0 unspecified atom stereocenters. The highest BCUT2D eigenvalue weighted by Gasteiger charge is 2.27. The van der Waals surface area contributed by atoms with Gasteiger partial charge in [-0.05, 0) is 29.5 Å². The highest BCUT2D eigenvalue weighted by atomic mass is 35.5. The Morgan fingerprint density at radius 3 is 2.67 bits per heavy atom. The number of carbonyl (C=O) groups is 3. The lowest BCUT2D eigenvalue weighted by Crippen LogP contribution is -2.49. The van der Waals surface area contributed by atoms with Crippen molar-refractivity contribution in [1.82, 2.24) is 20.1 Å². The Labute approximate surface area is 231 Å². The van der Waals surface area contributed by atoms with Crippen molar-refractivity contribution in [3.05, 3.63) is 71.1 Å². The van der Waals surface area contributed by atoms with Gasteiger partial charge in [-0.3, -0.25) is 14.9 Å². The molecule has 0 aliphatic carbocycles. The lowest BCUT2D eigenvalue weighted by molar-refractivity contribution is -0.137. The molecule has 1 aromatic heterocycles. The van der Waals surface area contributed by atoms with Crippen molar-refractivity contribution >= 4 is 46.1 Å². The molecule has 3 aromatic rings. The SMILES string of the molecule is CN(C(=O)CCc1cccc(F)c1Cl)[C@H](COC(=O)Nc1cc2ccccc2cn1)CC(=O)N1CCNCC1. The van der Waals surface area contributed by atoms with Crippen LogP contribution >= 0.6 is 11.6 Å². The predicted molar refractivity (Wildman–Crippen MR) is 147 cm³/mol. The molecule has 39 heavy (non-hydrogen) atoms. The van der Waals surface area contributed by atoms with Gasteiger partial charge in [-0.2, -0.15) is 0 Å². The fourth-order valence-electron chi connectivity index (χ4n) is 4.38. The number of piperazine rings is 1. The number of nitrogens with zero attached hydrogens (tertiary/aromatic N) is 3. The number of likely N-dealkylation sites (N-methyl/N-ethyl adjacent to an activating group) is 1. The van der Waals surface area contributed by atoms with Crippen molar-refractivity contribution in [3.8, 4) is 0 Å². The van der Waals surface area contributed by atoms with Crippen LogP contribution in [0.4, 0.5) is 15.0 Å². The molecule has 0 bridgehead atoms. The molecule has 1 atom stereocenters. The smallest absolute Gasteiger partial charge is 0.412 e. The summed E-state index contributed by atoms with van der Waals surface area (Å²) in [5.41, 5.74) is 0.519. The highest BCUT2D eigenvalue weighted by molar-refractivity contribution is 6.31. The number of aryl methyl sites for hydroxylation is 1. The van der Waals surface area contributed by atoms with E-state index in [-0.39, 0.29) is 42.7 Å². The van der Waals surface area contributed by atoms with Crippen LogP contribution in [0, 0.1) is 5.82 Å². The molecule has 11 heteroatoms. The number of benzene rings is 2. The van der Waals surface area contributed by atoms with Crippen molar-refractivity contribution in [1.29, 1.82) is 0 Å². The molecular weight excluding hydrogens is 525 g/mol. The van der Waals surface area contributed by atoms with E-state index in [2.05, 4.69) is 15.6 Å². The number of aromatic nitrogens is 1. The summed E-state index contributed by atoms with van der Waals surface area (Å²) in [6, 6.07) is 13.1. The van der Waals surface area contributed by atoms with Crippen molar-refractivity contribution in [3.63, 3.8) is 0 Å². The Kier molecular flexibility index (Phi) is 9.67. The minimum Gasteiger partial charge on any atom is -0.447 e. The number of carbonyl (C=O) groups excluding carboxylic acids is 3. The zero-order valence-electron chi connectivity index (χ0n) is 21.7. The monoisotopic (exact) mass is 555 g/mol. The molecule has 4 rings (SSSR count). The average Bonchev–Trinajstić information content (AvgIpc) is 2.95. The number of pyridine rings is 1. The van der Waals surface area contributed by atoms with Crippen LogP contribution < -0.4 is 10.6 Å². The Bertz CT molecular complexity index is 1330. The van der Waals surface area contributed by atoms with Gasteiger partial charge in [0.05, 0.1) is 17.5 Å². The van der Waals surface area contributed by atoms with Crippen LogP contribution in [0.1, 0.15) is 18.4 Å². The number of ether oxygens (including phenoxy) is 1. The highest BCUT2D eigenvalue weighted by Crippen LogP contribution is 2.22. The Morgan fingerprint density at radius 2 is 1.90 bits per heavy atom. The van der Waals surface area contributed by atoms with Gasteiger partial charge in [0.15, 0.2) is 0 Å². The van der Waals surface area contributed by atoms with E-state index in [9.17, 15) is 18.8 Å². The number of amides is 3. The van der Waals surface area contributed by atoms with E-state index in [1.54, 1.807) is 30.3 Å². The third-order valence-electron chi connectivity index (χ3n) is 6.73. The fraction of sp³-hybridized carbons (Fsp3) is 0.357. The van der Waals surface area contributed by atoms with Crippen LogP contribution in [-0.4, -0.2) is 78.6 Å². The van der Waals surface area contributed by atoms with E-state index < -0.39 is 18.0 Å². The van der Waals surface area contributed by atoms with Gasteiger partial charge in [0.1, 0.15) is 18.2 Å². The molecule has 1 saturated heterocycles. The predicted octanol–water partition coefficient (Wildman–Crippen LogP) is 3.86. The zero-order chi connectivity index (χ0) is 27.8. The van der Waals surface area contributed by atoms with Crippen LogP contribution in [-0.2, 0) is 20.7 Å². The van der Waals surface area contributed by atoms with Crippen LogP contribution in [0.15, 0.2) is 54.7 Å². The van der Waals surface area contributed by atoms with Crippen LogP contribution in [0.3, 0.4) is 0 Å². The van der Waals surface area contributed by atoms with E-state index in [4.69, 9.17) is 16.3 Å². The Balaban J connectivity index is 1.39. The minimum absolute atomic E-state index is 0.00946. The molecule has 2 heterocycles. The van der Waals surface area contributed by atoms with Crippen molar-refractivity contribution in [2.75, 3.05) is 45.2 Å². The first-order valence-electron chi connectivity index (χ1n) is 12.8. The number of hydrogen-bond acceptors (Lipinski definition) is 6. The van der Waals surface area contributed by atoms with Gasteiger partial charge in [-0.1, -0.05) is 48.0 Å². The number of anilines is 1. The van der Waals surface area contributed by atoms with Gasteiger partial charge in [0.25, 0.3) is 0 Å². The summed E-state index contributed by atoms with van der Waals surface area (Å²) >= 11 is 6.03. The standard InChI is InChI=1S/C28H31ClFN5O4/c1-34(25(36)10-9-19-7-4-8-23(30)27(19)29)22(16-26(37)35-13-11-31-12-14-35)18-39-28(38)33-24-15-20-5-2-3-6-21(20)17-32-24/h2-8,15,17,22,31H,9-14,16,18H2,1H3,(H,32,33,38)/t22-/m0/s1. The summed E-state index contributed by atoms with van der Waals surface area (Å²) in [6.07, 6.45) is 1.17. The van der Waals surface area contributed by atoms with Gasteiger partial charge >= 0.3 is 6.09 Å². The number of halogens is 2. The fourth-order valence-corrected chi connectivity index (χ4v) is 4.60. The van der Waals surface area contributed by atoms with Crippen molar-refractivity contribution in [2.24, 2.45) is 0 Å². The molecule has 0 saturated carbocycles. The second kappa shape index (κ2) is 13.3. The molecule has 2 aromatic carbocycles. The Morgan fingerprint density at radius 1 is 1.15 bits per heavy atom. The third-order valence-corrected chi connectivity index (χ3v) is 7.15. The second-order valence-electron chi connectivity index (χ2n) is 9.35. The van der Waals surface area contributed by atoms with E-state index in [0.717, 1.165) is 10.8 Å². The molecule has 1 aliphatic heterocycles. The molecular formula is C28H31ClFN5O4. The zero-order valence-corrected chi connectivity index (χ0v) is 22.4. The summed E-state index contributed by atoms with van der Waals surface area (Å²) in [5, 5.41) is 7.63. The molecule has 2 N–H and O–H groups in total. The first-order chi connectivity index (χ1) is 18.8. The number of fused-ring (bicyclic) bond motifs is 1. The Hall–Kier alpha value is -3.76. The summed E-state index contributed by atoms with van der Waals surface area (Å²) in [5.74, 6) is -0.638. The van der Waals surface area contributed by atoms with Gasteiger partial charge in [-0.25, -0.2) is 14.2 Å². The van der Waals surface area contributed by atoms with Gasteiger partial charge in [0.2, 0.25) is 11.8 Å². The van der Waals surface area contributed by atoms with E-state index in [1.165, 1.54) is 17.0 Å². The van der Waals surface area contributed by atoms with E-state index in [0.29, 0.717) is 37.6 Å². The van der Waals surface area contributed by atoms with Crippen LogP contribution in [0.25, 0.3) is 10.8 Å². The van der Waals surface area contributed by atoms with Crippen LogP contribution in [0.5, 0.6) is 0 Å². The maximum Gasteiger partial charge on any atom is 0.412 e. The number of rotatable bonds is 9. The van der Waals surface area contributed by atoms with Gasteiger partial charge in [0, 0.05) is 51.2 Å². The number of nitrogens with one attached hydrogen (secondary N) is 2. The van der Waals surface area contributed by atoms with Gasteiger partial charge in [-0.15, -0.1) is 0 Å². The molecule has 0 spiro atoms. The summed E-state index contributed by atoms with van der Waals surface area (Å²) in [6.45, 7) is 2.32. The third kappa shape index (κ3) is 7.64. The summed E-state index contributed by atoms with van der Waals surface area (Å²) in [7, 11) is 1.57. The molecule has 3 amide bonds. The quantitative estimate of drug-likeness (QED) is 0.415. The maximum atomic E-state index is 13.8. The first-order valence-corrected chi connectivity index (χ1v) is 13.1. The number of hydrogen-bond donors (Lipinski definition) is 2. The normalized spacial score (nSPS) is 14.1. The van der Waals surface area contributed by atoms with Crippen molar-refractivity contribution < 1.29 is 23.5 Å². The minimum atomic E-state index is -0.746. The molecule has 206 valence electrons. The van der Waals surface area contributed by atoms with Crippen LogP contribution in [0.2, 0.25) is 5.02 Å². The topological polar surface area (TPSA) is 104 Å². The van der Waals surface area contributed by atoms with Gasteiger partial charge < -0.3 is 19.9 Å². The second-order valence-corrected chi connectivity index (χ2v) is 9.72. The maximum absolute atomic E-state index is 13.8. The van der Waals surface area contributed by atoms with E-state index in [1.807, 2.05) is 24.3 Å². The molecule has 1 aliphatic rings. The lowest BCUT2D eigenvalue weighted by atomic mass is 10.1. The molecule has 9 nitrogen and oxygen atoms in total. The van der Waals surface area contributed by atoms with E-state index >= 15 is 0 Å². The summed E-state index contributed by atoms with van der Waals surface area (Å²) in [4.78, 5) is 46.0. The first kappa shape index (κ1) is 28.3. The molecule has 1 fully saturated rings.